The quantitative estimate of drug-likeness (QED) is 0.0299. The maximum Gasteiger partial charge on any atom is 0.161 e. The number of ether oxygens (including phenoxy) is 2. The van der Waals surface area contributed by atoms with E-state index in [0.717, 1.165) is 65.9 Å². The van der Waals surface area contributed by atoms with E-state index in [1.807, 2.05) is 0 Å². The first-order valence-corrected chi connectivity index (χ1v) is 23.1. The standard InChI is InChI=1S/C50H82O2S/c1-5-7-9-11-13-15-17-19-21-23-25-29-41-51-48-39-35-46(36-40-50(53)47-37-33-45(34-38-47)32-28-27-31-44(3)4)43-49(48)52-42-30-26-24-22-20-18-16-14-12-10-8-6-2/h33-40,43-44H,5-32,41-42H2,1-4H3. The fraction of sp³-hybridized carbons (Fsp3) is 0.700. The second kappa shape index (κ2) is 33.2. The third kappa shape index (κ3) is 25.6. The lowest BCUT2D eigenvalue weighted by Crippen LogP contribution is -2.03. The fourth-order valence-electron chi connectivity index (χ4n) is 7.10. The Hall–Kier alpha value is -2.13. The molecule has 0 atom stereocenters. The zero-order valence-corrected chi connectivity index (χ0v) is 36.0. The summed E-state index contributed by atoms with van der Waals surface area (Å²) in [5, 5.41) is 0. The van der Waals surface area contributed by atoms with E-state index in [1.54, 1.807) is 0 Å². The Morgan fingerprint density at radius 2 is 0.981 bits per heavy atom. The van der Waals surface area contributed by atoms with Crippen molar-refractivity contribution in [2.45, 2.75) is 207 Å². The Balaban J connectivity index is 1.80. The van der Waals surface area contributed by atoms with Crippen LogP contribution in [0.3, 0.4) is 0 Å². The summed E-state index contributed by atoms with van der Waals surface area (Å²) in [5.74, 6) is 2.52. The molecule has 300 valence electrons. The fourth-order valence-corrected chi connectivity index (χ4v) is 7.30. The van der Waals surface area contributed by atoms with E-state index >= 15 is 0 Å². The minimum absolute atomic E-state index is 0.738. The zero-order valence-electron chi connectivity index (χ0n) is 35.2. The van der Waals surface area contributed by atoms with Crippen molar-refractivity contribution in [1.82, 2.24) is 0 Å². The van der Waals surface area contributed by atoms with E-state index in [0.29, 0.717) is 0 Å². The Morgan fingerprint density at radius 1 is 0.528 bits per heavy atom. The molecule has 0 saturated carbocycles. The molecule has 0 aliphatic rings. The molecule has 3 heteroatoms. The van der Waals surface area contributed by atoms with Gasteiger partial charge in [-0.05, 0) is 66.5 Å². The normalized spacial score (nSPS) is 11.6. The van der Waals surface area contributed by atoms with Gasteiger partial charge in [0, 0.05) is 4.86 Å². The SMILES string of the molecule is CCCCCCCCCCCCCCOc1ccc(C=CC(=S)c2ccc(CCCCC(C)C)cc2)cc1OCCCCCCCCCCCCCC. The van der Waals surface area contributed by atoms with E-state index in [-0.39, 0.29) is 0 Å². The van der Waals surface area contributed by atoms with E-state index in [9.17, 15) is 0 Å². The van der Waals surface area contributed by atoms with Crippen LogP contribution in [-0.2, 0) is 6.42 Å². The molecule has 2 rings (SSSR count). The predicted octanol–water partition coefficient (Wildman–Crippen LogP) is 16.6. The van der Waals surface area contributed by atoms with Crippen LogP contribution in [-0.4, -0.2) is 18.1 Å². The van der Waals surface area contributed by atoms with Crippen LogP contribution in [0.15, 0.2) is 48.5 Å². The first-order valence-electron chi connectivity index (χ1n) is 22.7. The predicted molar refractivity (Wildman–Crippen MR) is 239 cm³/mol. The number of hydrogen-bond acceptors (Lipinski definition) is 3. The Bertz CT molecular complexity index is 1170. The highest BCUT2D eigenvalue weighted by Crippen LogP contribution is 2.30. The second-order valence-electron chi connectivity index (χ2n) is 16.2. The van der Waals surface area contributed by atoms with Crippen molar-refractivity contribution in [2.75, 3.05) is 13.2 Å². The molecule has 53 heavy (non-hydrogen) atoms. The first kappa shape index (κ1) is 47.0. The van der Waals surface area contributed by atoms with Gasteiger partial charge in [0.2, 0.25) is 0 Å². The van der Waals surface area contributed by atoms with Crippen LogP contribution in [0.25, 0.3) is 6.08 Å². The molecular formula is C50H82O2S. The van der Waals surface area contributed by atoms with Gasteiger partial charge in [-0.15, -0.1) is 0 Å². The van der Waals surface area contributed by atoms with Gasteiger partial charge in [-0.1, -0.05) is 230 Å². The van der Waals surface area contributed by atoms with Crippen molar-refractivity contribution < 1.29 is 9.47 Å². The van der Waals surface area contributed by atoms with Gasteiger partial charge in [-0.3, -0.25) is 0 Å². The average molecular weight is 747 g/mol. The van der Waals surface area contributed by atoms with E-state index < -0.39 is 0 Å². The van der Waals surface area contributed by atoms with Crippen molar-refractivity contribution in [3.63, 3.8) is 0 Å². The first-order chi connectivity index (χ1) is 26.0. The Labute approximate surface area is 334 Å². The molecule has 0 fully saturated rings. The summed E-state index contributed by atoms with van der Waals surface area (Å²) in [5.41, 5.74) is 3.60. The summed E-state index contributed by atoms with van der Waals surface area (Å²) in [6.07, 6.45) is 41.6. The molecule has 0 radical (unpaired) electrons. The van der Waals surface area contributed by atoms with Crippen molar-refractivity contribution in [1.29, 1.82) is 0 Å². The molecule has 0 aliphatic carbocycles. The van der Waals surface area contributed by atoms with Crippen LogP contribution in [0.1, 0.15) is 218 Å². The van der Waals surface area contributed by atoms with Gasteiger partial charge in [0.05, 0.1) is 13.2 Å². The summed E-state index contributed by atoms with van der Waals surface area (Å²) in [6.45, 7) is 10.7. The Morgan fingerprint density at radius 3 is 1.45 bits per heavy atom. The summed E-state index contributed by atoms with van der Waals surface area (Å²) >= 11 is 5.82. The van der Waals surface area contributed by atoms with E-state index in [1.165, 1.54) is 166 Å². The van der Waals surface area contributed by atoms with Crippen LogP contribution in [0, 0.1) is 5.92 Å². The molecule has 0 heterocycles. The van der Waals surface area contributed by atoms with Gasteiger partial charge in [0.1, 0.15) is 0 Å². The lowest BCUT2D eigenvalue weighted by molar-refractivity contribution is 0.258. The molecule has 0 aliphatic heterocycles. The topological polar surface area (TPSA) is 18.5 Å². The summed E-state index contributed by atoms with van der Waals surface area (Å²) < 4.78 is 12.7. The molecule has 2 nitrogen and oxygen atoms in total. The number of allylic oxidation sites excluding steroid dienone is 1. The molecule has 2 aromatic carbocycles. The van der Waals surface area contributed by atoms with Crippen LogP contribution in [0.4, 0.5) is 0 Å². The van der Waals surface area contributed by atoms with Crippen LogP contribution < -0.4 is 9.47 Å². The molecule has 0 unspecified atom stereocenters. The van der Waals surface area contributed by atoms with Crippen LogP contribution in [0.5, 0.6) is 11.5 Å². The maximum absolute atomic E-state index is 6.40. The largest absolute Gasteiger partial charge is 0.490 e. The molecule has 0 aromatic heterocycles. The monoisotopic (exact) mass is 747 g/mol. The lowest BCUT2D eigenvalue weighted by atomic mass is 10.0. The van der Waals surface area contributed by atoms with Gasteiger partial charge in [0.15, 0.2) is 11.5 Å². The van der Waals surface area contributed by atoms with E-state index in [2.05, 4.69) is 82.3 Å². The third-order valence-corrected chi connectivity index (χ3v) is 11.0. The molecule has 0 amide bonds. The summed E-state index contributed by atoms with van der Waals surface area (Å²) in [7, 11) is 0. The molecule has 0 bridgehead atoms. The van der Waals surface area contributed by atoms with Crippen LogP contribution >= 0.6 is 12.2 Å². The van der Waals surface area contributed by atoms with Crippen molar-refractivity contribution in [2.24, 2.45) is 5.92 Å². The number of aryl methyl sites for hydroxylation is 1. The molecule has 0 saturated heterocycles. The number of thiocarbonyl (C=S) groups is 1. The van der Waals surface area contributed by atoms with Gasteiger partial charge in [-0.25, -0.2) is 0 Å². The van der Waals surface area contributed by atoms with Gasteiger partial charge < -0.3 is 9.47 Å². The molecule has 0 spiro atoms. The average Bonchev–Trinajstić information content (AvgIpc) is 3.16. The summed E-state index contributed by atoms with van der Waals surface area (Å²) in [4.78, 5) is 0.864. The summed E-state index contributed by atoms with van der Waals surface area (Å²) in [6, 6.07) is 15.2. The van der Waals surface area contributed by atoms with Gasteiger partial charge >= 0.3 is 0 Å². The number of hydrogen-bond donors (Lipinski definition) is 0. The number of rotatable bonds is 36. The van der Waals surface area contributed by atoms with Gasteiger partial charge in [0.25, 0.3) is 0 Å². The lowest BCUT2D eigenvalue weighted by Gasteiger charge is -2.14. The molecular weight excluding hydrogens is 665 g/mol. The smallest absolute Gasteiger partial charge is 0.161 e. The van der Waals surface area contributed by atoms with E-state index in [4.69, 9.17) is 21.7 Å². The Kier molecular flexibility index (Phi) is 29.5. The van der Waals surface area contributed by atoms with Crippen molar-refractivity contribution in [3.8, 4) is 11.5 Å². The highest BCUT2D eigenvalue weighted by molar-refractivity contribution is 7.81. The minimum atomic E-state index is 0.738. The number of unbranched alkanes of at least 4 members (excludes halogenated alkanes) is 23. The highest BCUT2D eigenvalue weighted by atomic mass is 32.1. The zero-order chi connectivity index (χ0) is 38.0. The molecule has 0 N–H and O–H groups in total. The third-order valence-electron chi connectivity index (χ3n) is 10.6. The van der Waals surface area contributed by atoms with Crippen molar-refractivity contribution in [3.05, 3.63) is 65.2 Å². The maximum atomic E-state index is 6.40. The second-order valence-corrected chi connectivity index (χ2v) is 16.7. The molecule has 2 aromatic rings. The van der Waals surface area contributed by atoms with Gasteiger partial charge in [-0.2, -0.15) is 0 Å². The van der Waals surface area contributed by atoms with Crippen LogP contribution in [0.2, 0.25) is 0 Å². The van der Waals surface area contributed by atoms with Crippen molar-refractivity contribution >= 4 is 23.2 Å². The number of benzene rings is 2. The highest BCUT2D eigenvalue weighted by Gasteiger charge is 2.08. The minimum Gasteiger partial charge on any atom is -0.490 e.